The molecule has 36 heavy (non-hydrogen) atoms. The van der Waals surface area contributed by atoms with Gasteiger partial charge in [0.15, 0.2) is 0 Å². The number of phenols is 2. The number of hydrogen-bond acceptors (Lipinski definition) is 7. The molecule has 0 atom stereocenters. The number of benzene rings is 2. The van der Waals surface area contributed by atoms with E-state index in [1.165, 1.54) is 13.8 Å². The number of ether oxygens (including phenoxy) is 1. The van der Waals surface area contributed by atoms with Gasteiger partial charge in [0.1, 0.15) is 11.5 Å². The van der Waals surface area contributed by atoms with Crippen LogP contribution in [0.25, 0.3) is 0 Å². The molecule has 9 heteroatoms. The molecule has 0 aliphatic rings. The second-order valence-electron chi connectivity index (χ2n) is 7.95. The third-order valence-electron chi connectivity index (χ3n) is 4.38. The fraction of sp³-hybridized carbons (Fsp3) is 0.333. The zero-order valence-electron chi connectivity index (χ0n) is 21.3. The van der Waals surface area contributed by atoms with Gasteiger partial charge < -0.3 is 35.4 Å². The number of aliphatic carboxylic acids is 2. The summed E-state index contributed by atoms with van der Waals surface area (Å²) in [7, 11) is 0. The summed E-state index contributed by atoms with van der Waals surface area (Å²) in [5.74, 6) is -1.32. The number of aromatic hydroxyl groups is 2. The average molecular weight is 507 g/mol. The lowest BCUT2D eigenvalue weighted by Crippen LogP contribution is -2.18. The van der Waals surface area contributed by atoms with Crippen LogP contribution in [-0.2, 0) is 19.7 Å². The highest BCUT2D eigenvalue weighted by molar-refractivity contribution is 5.85. The molecule has 0 unspecified atom stereocenters. The van der Waals surface area contributed by atoms with Gasteiger partial charge in [-0.2, -0.15) is 0 Å². The maximum atomic E-state index is 9.60. The molecule has 0 spiro atoms. The second-order valence-corrected chi connectivity index (χ2v) is 7.95. The molecule has 0 saturated carbocycles. The van der Waals surface area contributed by atoms with Crippen molar-refractivity contribution in [2.24, 2.45) is 0 Å². The molecule has 0 aliphatic carbocycles. The van der Waals surface area contributed by atoms with Crippen LogP contribution in [0.3, 0.4) is 0 Å². The minimum absolute atomic E-state index is 0.0278. The van der Waals surface area contributed by atoms with Gasteiger partial charge >= 0.3 is 11.9 Å². The molecule has 6 N–H and O–H groups in total. The van der Waals surface area contributed by atoms with Gasteiger partial charge in [-0.15, -0.1) is 0 Å². The summed E-state index contributed by atoms with van der Waals surface area (Å²) in [4.78, 5) is 19.2. The van der Waals surface area contributed by atoms with Crippen LogP contribution in [0, 0.1) is 0 Å². The summed E-state index contributed by atoms with van der Waals surface area (Å²) in [6, 6.07) is 14.4. The normalized spacial score (nSPS) is 9.72. The van der Waals surface area contributed by atoms with E-state index >= 15 is 0 Å². The quantitative estimate of drug-likeness (QED) is 0.231. The third kappa shape index (κ3) is 16.0. The number of aliphatic hydroxyl groups is 2. The van der Waals surface area contributed by atoms with Crippen LogP contribution in [0.5, 0.6) is 11.5 Å². The van der Waals surface area contributed by atoms with E-state index < -0.39 is 11.9 Å². The molecule has 2 aromatic carbocycles. The van der Waals surface area contributed by atoms with Crippen molar-refractivity contribution in [1.82, 2.24) is 0 Å². The van der Waals surface area contributed by atoms with Gasteiger partial charge in [-0.3, -0.25) is 0 Å². The van der Waals surface area contributed by atoms with Crippen molar-refractivity contribution >= 4 is 11.9 Å². The number of carboxylic acids is 2. The molecular formula is C27H38O9. The first-order valence-electron chi connectivity index (χ1n) is 10.9. The number of carboxylic acid groups (broad SMARTS) is 2. The molecule has 0 aromatic heterocycles. The van der Waals surface area contributed by atoms with E-state index in [9.17, 15) is 19.8 Å². The number of carbonyl (C=O) groups is 2. The Hall–Kier alpha value is -3.66. The Morgan fingerprint density at radius 1 is 0.722 bits per heavy atom. The van der Waals surface area contributed by atoms with E-state index in [0.717, 1.165) is 11.1 Å². The van der Waals surface area contributed by atoms with Gasteiger partial charge in [-0.25, -0.2) is 9.59 Å². The van der Waals surface area contributed by atoms with Crippen LogP contribution < -0.4 is 0 Å². The summed E-state index contributed by atoms with van der Waals surface area (Å²) in [5.41, 5.74) is 2.45. The average Bonchev–Trinajstić information content (AvgIpc) is 2.81. The maximum Gasteiger partial charge on any atom is 0.330 e. The fourth-order valence-corrected chi connectivity index (χ4v) is 2.15. The van der Waals surface area contributed by atoms with Gasteiger partial charge in [0.05, 0.1) is 26.4 Å². The lowest BCUT2D eigenvalue weighted by atomic mass is 9.78. The van der Waals surface area contributed by atoms with Crippen molar-refractivity contribution in [2.75, 3.05) is 26.4 Å². The largest absolute Gasteiger partial charge is 0.508 e. The highest BCUT2D eigenvalue weighted by atomic mass is 16.5. The first-order chi connectivity index (χ1) is 16.7. The number of aliphatic hydroxyl groups excluding tert-OH is 2. The summed E-state index contributed by atoms with van der Waals surface area (Å²) in [5, 5.41) is 50.5. The summed E-state index contributed by atoms with van der Waals surface area (Å²) >= 11 is 0. The second kappa shape index (κ2) is 18.6. The van der Waals surface area contributed by atoms with Crippen LogP contribution in [0.4, 0.5) is 0 Å². The molecule has 2 aromatic rings. The van der Waals surface area contributed by atoms with Crippen molar-refractivity contribution in [3.8, 4) is 11.5 Å². The zero-order chi connectivity index (χ0) is 28.3. The van der Waals surface area contributed by atoms with E-state index in [1.807, 2.05) is 24.3 Å². The zero-order valence-corrected chi connectivity index (χ0v) is 21.3. The Balaban J connectivity index is 0. The Morgan fingerprint density at radius 3 is 1.17 bits per heavy atom. The predicted octanol–water partition coefficient (Wildman–Crippen LogP) is 3.71. The van der Waals surface area contributed by atoms with Crippen molar-refractivity contribution in [1.29, 1.82) is 0 Å². The summed E-state index contributed by atoms with van der Waals surface area (Å²) in [6.07, 6.45) is 0. The molecule has 0 amide bonds. The SMILES string of the molecule is C=C(C)C(=O)O.C=C(C)C(=O)O.CC(C)(c1ccc(O)cc1)c1ccc(O)cc1.OCCOCCO. The minimum Gasteiger partial charge on any atom is -0.508 e. The lowest BCUT2D eigenvalue weighted by Gasteiger charge is -2.26. The van der Waals surface area contributed by atoms with Crippen LogP contribution >= 0.6 is 0 Å². The van der Waals surface area contributed by atoms with Crippen LogP contribution in [-0.4, -0.2) is 69.0 Å². The predicted molar refractivity (Wildman–Crippen MR) is 138 cm³/mol. The van der Waals surface area contributed by atoms with Crippen molar-refractivity contribution < 1.29 is 45.0 Å². The monoisotopic (exact) mass is 506 g/mol. The van der Waals surface area contributed by atoms with Gasteiger partial charge in [-0.05, 0) is 49.2 Å². The standard InChI is InChI=1S/C15H16O2.C4H10O3.2C4H6O2/c1-15(2,11-3-7-13(16)8-4-11)12-5-9-14(17)10-6-12;5-1-3-7-4-2-6;2*1-3(2)4(5)6/h3-10,16-17H,1-2H3;5-6H,1-4H2;2*1H2,2H3,(H,5,6). The summed E-state index contributed by atoms with van der Waals surface area (Å²) < 4.78 is 4.63. The number of hydrogen-bond donors (Lipinski definition) is 6. The minimum atomic E-state index is -0.935. The lowest BCUT2D eigenvalue weighted by molar-refractivity contribution is -0.133. The maximum absolute atomic E-state index is 9.60. The van der Waals surface area contributed by atoms with E-state index in [0.29, 0.717) is 13.2 Å². The smallest absolute Gasteiger partial charge is 0.330 e. The van der Waals surface area contributed by atoms with Gasteiger partial charge in [-0.1, -0.05) is 51.3 Å². The van der Waals surface area contributed by atoms with E-state index in [-0.39, 0.29) is 41.3 Å². The number of phenolic OH excluding ortho intramolecular Hbond substituents is 2. The molecule has 0 heterocycles. The molecule has 0 aliphatic heterocycles. The van der Waals surface area contributed by atoms with Crippen LogP contribution in [0.1, 0.15) is 38.8 Å². The Labute approximate surface area is 212 Å². The highest BCUT2D eigenvalue weighted by Crippen LogP contribution is 2.32. The molecule has 0 saturated heterocycles. The first-order valence-corrected chi connectivity index (χ1v) is 10.9. The highest BCUT2D eigenvalue weighted by Gasteiger charge is 2.22. The van der Waals surface area contributed by atoms with Crippen molar-refractivity contribution in [3.63, 3.8) is 0 Å². The summed E-state index contributed by atoms with van der Waals surface area (Å²) in [6.45, 7) is 14.1. The molecule has 9 nitrogen and oxygen atoms in total. The van der Waals surface area contributed by atoms with Crippen molar-refractivity contribution in [2.45, 2.75) is 33.1 Å². The van der Waals surface area contributed by atoms with Crippen LogP contribution in [0.15, 0.2) is 72.8 Å². The van der Waals surface area contributed by atoms with E-state index in [4.69, 9.17) is 20.4 Å². The topological polar surface area (TPSA) is 165 Å². The molecular weight excluding hydrogens is 468 g/mol. The molecule has 200 valence electrons. The Bertz CT molecular complexity index is 831. The van der Waals surface area contributed by atoms with Gasteiger partial charge in [0, 0.05) is 16.6 Å². The third-order valence-corrected chi connectivity index (χ3v) is 4.38. The molecule has 2 rings (SSSR count). The van der Waals surface area contributed by atoms with Crippen LogP contribution in [0.2, 0.25) is 0 Å². The van der Waals surface area contributed by atoms with E-state index in [2.05, 4.69) is 31.7 Å². The van der Waals surface area contributed by atoms with Gasteiger partial charge in [0.2, 0.25) is 0 Å². The molecule has 0 fully saturated rings. The Kier molecular flexibility index (Phi) is 17.9. The fourth-order valence-electron chi connectivity index (χ4n) is 2.15. The number of rotatable bonds is 8. The van der Waals surface area contributed by atoms with Gasteiger partial charge in [0.25, 0.3) is 0 Å². The van der Waals surface area contributed by atoms with E-state index in [1.54, 1.807) is 24.3 Å². The van der Waals surface area contributed by atoms with Crippen molar-refractivity contribution in [3.05, 3.63) is 84.0 Å². The molecule has 0 radical (unpaired) electrons. The Morgan fingerprint density at radius 2 is 0.972 bits per heavy atom. The first kappa shape index (κ1) is 34.5. The molecule has 0 bridgehead atoms.